The van der Waals surface area contributed by atoms with Gasteiger partial charge in [-0.05, 0) is 39.0 Å². The average molecular weight is 363 g/mol. The Balaban J connectivity index is 2.05. The maximum absolute atomic E-state index is 12.3. The molecule has 22 heavy (non-hydrogen) atoms. The number of nitrogens with zero attached hydrogens (tertiary/aromatic N) is 1. The van der Waals surface area contributed by atoms with E-state index in [9.17, 15) is 9.59 Å². The van der Waals surface area contributed by atoms with Gasteiger partial charge in [0.1, 0.15) is 0 Å². The van der Waals surface area contributed by atoms with Gasteiger partial charge >= 0.3 is 6.09 Å². The molecule has 1 aromatic rings. The van der Waals surface area contributed by atoms with Gasteiger partial charge in [0.25, 0.3) is 5.91 Å². The van der Waals surface area contributed by atoms with E-state index in [-0.39, 0.29) is 5.91 Å². The van der Waals surface area contributed by atoms with Crippen molar-refractivity contribution in [1.29, 1.82) is 0 Å². The van der Waals surface area contributed by atoms with Gasteiger partial charge in [0, 0.05) is 21.3 Å². The van der Waals surface area contributed by atoms with Crippen LogP contribution in [0.3, 0.4) is 0 Å². The Morgan fingerprint density at radius 1 is 1.32 bits per heavy atom. The van der Waals surface area contributed by atoms with Crippen LogP contribution in [0, 0.1) is 0 Å². The predicted molar refractivity (Wildman–Crippen MR) is 89.6 cm³/mol. The van der Waals surface area contributed by atoms with Gasteiger partial charge in [-0.3, -0.25) is 9.69 Å². The Morgan fingerprint density at radius 2 is 1.91 bits per heavy atom. The second-order valence-electron chi connectivity index (χ2n) is 5.80. The quantitative estimate of drug-likeness (QED) is 0.866. The number of benzene rings is 1. The minimum Gasteiger partial charge on any atom is -0.425 e. The Morgan fingerprint density at radius 3 is 2.45 bits per heavy atom. The number of nitrogens with one attached hydrogen (secondary N) is 1. The van der Waals surface area contributed by atoms with E-state index in [4.69, 9.17) is 27.9 Å². The number of anilines is 1. The molecule has 0 aromatic heterocycles. The van der Waals surface area contributed by atoms with E-state index in [1.165, 1.54) is 16.7 Å². The van der Waals surface area contributed by atoms with Gasteiger partial charge in [0.05, 0.1) is 5.88 Å². The van der Waals surface area contributed by atoms with Gasteiger partial charge in [0.2, 0.25) is 5.44 Å². The van der Waals surface area contributed by atoms with E-state index >= 15 is 0 Å². The summed E-state index contributed by atoms with van der Waals surface area (Å²) in [6.45, 7) is 5.49. The number of carbonyl (C=O) groups is 2. The number of ether oxygens (including phenoxy) is 1. The molecule has 0 bridgehead atoms. The summed E-state index contributed by atoms with van der Waals surface area (Å²) in [7, 11) is 0. The number of amides is 2. The Kier molecular flexibility index (Phi) is 5.14. The summed E-state index contributed by atoms with van der Waals surface area (Å²) < 4.78 is 5.17. The molecular weight excluding hydrogens is 347 g/mol. The molecule has 1 unspecified atom stereocenters. The second kappa shape index (κ2) is 6.56. The predicted octanol–water partition coefficient (Wildman–Crippen LogP) is 3.88. The number of thioether (sulfide) groups is 1. The van der Waals surface area contributed by atoms with Crippen molar-refractivity contribution in [1.82, 2.24) is 5.32 Å². The molecule has 0 spiro atoms. The molecule has 1 saturated heterocycles. The van der Waals surface area contributed by atoms with Crippen molar-refractivity contribution < 1.29 is 14.3 Å². The van der Waals surface area contributed by atoms with Crippen LogP contribution in [0.4, 0.5) is 10.5 Å². The van der Waals surface area contributed by atoms with Crippen LogP contribution in [0.15, 0.2) is 18.2 Å². The third-order valence-corrected chi connectivity index (χ3v) is 4.12. The molecular formula is C14H16Cl2N2O3S. The van der Waals surface area contributed by atoms with E-state index < -0.39 is 17.1 Å². The Labute approximate surface area is 143 Å². The maximum atomic E-state index is 12.3. The van der Waals surface area contributed by atoms with Crippen LogP contribution in [0.25, 0.3) is 0 Å². The fraction of sp³-hybridized carbons (Fsp3) is 0.429. The molecule has 1 heterocycles. The molecule has 120 valence electrons. The zero-order chi connectivity index (χ0) is 16.5. The van der Waals surface area contributed by atoms with Crippen molar-refractivity contribution in [2.75, 3.05) is 10.8 Å². The molecule has 1 aromatic carbocycles. The minimum absolute atomic E-state index is 0.313. The SMILES string of the molecule is CC(C)(C)NC(=O)OC1SCN(c2cc(Cl)cc(Cl)c2)C1=O. The molecule has 1 N–H and O–H groups in total. The summed E-state index contributed by atoms with van der Waals surface area (Å²) in [6, 6.07) is 4.87. The smallest absolute Gasteiger partial charge is 0.409 e. The lowest BCUT2D eigenvalue weighted by Crippen LogP contribution is -2.43. The molecule has 2 rings (SSSR count). The Hall–Kier alpha value is -1.11. The van der Waals surface area contributed by atoms with Crippen LogP contribution in [-0.2, 0) is 9.53 Å². The van der Waals surface area contributed by atoms with E-state index in [1.807, 2.05) is 20.8 Å². The highest BCUT2D eigenvalue weighted by Gasteiger charge is 2.37. The summed E-state index contributed by atoms with van der Waals surface area (Å²) in [6.07, 6.45) is -0.621. The molecule has 0 aliphatic carbocycles. The number of alkyl carbamates (subject to hydrolysis) is 1. The van der Waals surface area contributed by atoms with Crippen LogP contribution >= 0.6 is 35.0 Å². The standard InChI is InChI=1S/C14H16Cl2N2O3S/c1-14(2,3)17-13(20)21-12-11(19)18(7-22-12)10-5-8(15)4-9(16)6-10/h4-6,12H,7H2,1-3H3,(H,17,20). The molecule has 1 atom stereocenters. The molecule has 1 aliphatic rings. The summed E-state index contributed by atoms with van der Waals surface area (Å²) >= 11 is 13.1. The number of carbonyl (C=O) groups excluding carboxylic acids is 2. The molecule has 2 amide bonds. The average Bonchev–Trinajstić information content (AvgIpc) is 2.67. The van der Waals surface area contributed by atoms with Gasteiger partial charge in [0.15, 0.2) is 0 Å². The number of halogens is 2. The van der Waals surface area contributed by atoms with Gasteiger partial charge in [-0.25, -0.2) is 4.79 Å². The highest BCUT2D eigenvalue weighted by Crippen LogP contribution is 2.33. The summed E-state index contributed by atoms with van der Waals surface area (Å²) in [5.41, 5.74) is -0.721. The third kappa shape index (κ3) is 4.44. The van der Waals surface area contributed by atoms with Gasteiger partial charge in [-0.1, -0.05) is 35.0 Å². The minimum atomic E-state index is -0.875. The Bertz CT molecular complexity index is 584. The van der Waals surface area contributed by atoms with Gasteiger partial charge in [-0.2, -0.15) is 0 Å². The first-order valence-electron chi connectivity index (χ1n) is 6.53. The van der Waals surface area contributed by atoms with Crippen LogP contribution in [0.5, 0.6) is 0 Å². The van der Waals surface area contributed by atoms with E-state index in [1.54, 1.807) is 18.2 Å². The number of hydrogen-bond acceptors (Lipinski definition) is 4. The molecule has 1 aliphatic heterocycles. The molecule has 8 heteroatoms. The molecule has 5 nitrogen and oxygen atoms in total. The fourth-order valence-electron chi connectivity index (χ4n) is 1.82. The van der Waals surface area contributed by atoms with Gasteiger partial charge in [-0.15, -0.1) is 0 Å². The molecule has 1 fully saturated rings. The highest BCUT2D eigenvalue weighted by molar-refractivity contribution is 8.01. The lowest BCUT2D eigenvalue weighted by atomic mass is 10.1. The van der Waals surface area contributed by atoms with Crippen molar-refractivity contribution >= 4 is 52.7 Å². The van der Waals surface area contributed by atoms with Crippen molar-refractivity contribution in [3.63, 3.8) is 0 Å². The molecule has 0 radical (unpaired) electrons. The normalized spacial score (nSPS) is 18.5. The zero-order valence-electron chi connectivity index (χ0n) is 12.4. The first-order chi connectivity index (χ1) is 10.2. The van der Waals surface area contributed by atoms with Crippen LogP contribution < -0.4 is 10.2 Å². The topological polar surface area (TPSA) is 58.6 Å². The van der Waals surface area contributed by atoms with Crippen molar-refractivity contribution in [3.05, 3.63) is 28.2 Å². The lowest BCUT2D eigenvalue weighted by molar-refractivity contribution is -0.122. The zero-order valence-corrected chi connectivity index (χ0v) is 14.7. The highest BCUT2D eigenvalue weighted by atomic mass is 35.5. The first-order valence-corrected chi connectivity index (χ1v) is 8.34. The number of rotatable bonds is 2. The van der Waals surface area contributed by atoms with Crippen molar-refractivity contribution in [2.24, 2.45) is 0 Å². The third-order valence-electron chi connectivity index (χ3n) is 2.67. The van der Waals surface area contributed by atoms with Crippen LogP contribution in [-0.4, -0.2) is 28.9 Å². The summed E-state index contributed by atoms with van der Waals surface area (Å²) in [5, 5.41) is 3.53. The fourth-order valence-corrected chi connectivity index (χ4v) is 3.32. The van der Waals surface area contributed by atoms with Gasteiger partial charge < -0.3 is 10.1 Å². The second-order valence-corrected chi connectivity index (χ2v) is 7.69. The monoisotopic (exact) mass is 362 g/mol. The summed E-state index contributed by atoms with van der Waals surface area (Å²) in [4.78, 5) is 25.6. The number of hydrogen-bond donors (Lipinski definition) is 1. The molecule has 0 saturated carbocycles. The van der Waals surface area contributed by atoms with Crippen molar-refractivity contribution in [3.8, 4) is 0 Å². The van der Waals surface area contributed by atoms with E-state index in [2.05, 4.69) is 5.32 Å². The van der Waals surface area contributed by atoms with Crippen LogP contribution in [0.1, 0.15) is 20.8 Å². The van der Waals surface area contributed by atoms with E-state index in [0.717, 1.165) is 0 Å². The lowest BCUT2D eigenvalue weighted by Gasteiger charge is -2.21. The van der Waals surface area contributed by atoms with Crippen LogP contribution in [0.2, 0.25) is 10.0 Å². The first kappa shape index (κ1) is 17.2. The largest absolute Gasteiger partial charge is 0.425 e. The maximum Gasteiger partial charge on any atom is 0.409 e. The van der Waals surface area contributed by atoms with Crippen molar-refractivity contribution in [2.45, 2.75) is 31.7 Å². The van der Waals surface area contributed by atoms with E-state index in [0.29, 0.717) is 21.6 Å². The summed E-state index contributed by atoms with van der Waals surface area (Å²) in [5.74, 6) is 0.0515.